The Balaban J connectivity index is 1.80. The first-order valence-electron chi connectivity index (χ1n) is 8.21. The summed E-state index contributed by atoms with van der Waals surface area (Å²) < 4.78 is 11.4. The van der Waals surface area contributed by atoms with E-state index >= 15 is 0 Å². The van der Waals surface area contributed by atoms with Crippen LogP contribution in [0.15, 0.2) is 46.9 Å². The SMILES string of the molecule is COc1cc(-c2nc3ccccc3o2)ccc1C1(C#N)CCCC1. The third kappa shape index (κ3) is 2.25. The Labute approximate surface area is 140 Å². The fourth-order valence-electron chi connectivity index (χ4n) is 3.64. The van der Waals surface area contributed by atoms with Gasteiger partial charge in [0.05, 0.1) is 18.6 Å². The lowest BCUT2D eigenvalue weighted by Gasteiger charge is -2.23. The normalized spacial score (nSPS) is 16.2. The summed E-state index contributed by atoms with van der Waals surface area (Å²) in [6.45, 7) is 0. The smallest absolute Gasteiger partial charge is 0.227 e. The van der Waals surface area contributed by atoms with Crippen LogP contribution in [0, 0.1) is 11.3 Å². The van der Waals surface area contributed by atoms with E-state index in [1.807, 2.05) is 42.5 Å². The quantitative estimate of drug-likeness (QED) is 0.693. The van der Waals surface area contributed by atoms with E-state index in [9.17, 15) is 5.26 Å². The maximum Gasteiger partial charge on any atom is 0.227 e. The molecular weight excluding hydrogens is 300 g/mol. The lowest BCUT2D eigenvalue weighted by atomic mass is 9.79. The number of oxazole rings is 1. The predicted octanol–water partition coefficient (Wildman–Crippen LogP) is 4.84. The van der Waals surface area contributed by atoms with Gasteiger partial charge in [-0.2, -0.15) is 5.26 Å². The second-order valence-corrected chi connectivity index (χ2v) is 6.30. The van der Waals surface area contributed by atoms with Crippen LogP contribution in [0.2, 0.25) is 0 Å². The highest BCUT2D eigenvalue weighted by Gasteiger charge is 2.38. The third-order valence-electron chi connectivity index (χ3n) is 4.93. The molecule has 0 atom stereocenters. The summed E-state index contributed by atoms with van der Waals surface area (Å²) in [4.78, 5) is 4.54. The Hall–Kier alpha value is -2.80. The molecule has 4 heteroatoms. The van der Waals surface area contributed by atoms with Crippen molar-refractivity contribution < 1.29 is 9.15 Å². The van der Waals surface area contributed by atoms with Crippen LogP contribution in [0.3, 0.4) is 0 Å². The van der Waals surface area contributed by atoms with Gasteiger partial charge in [0.1, 0.15) is 11.3 Å². The summed E-state index contributed by atoms with van der Waals surface area (Å²) in [5.74, 6) is 1.30. The number of nitrogens with zero attached hydrogens (tertiary/aromatic N) is 2. The topological polar surface area (TPSA) is 59.1 Å². The number of rotatable bonds is 3. The van der Waals surface area contributed by atoms with Gasteiger partial charge in [-0.3, -0.25) is 0 Å². The molecule has 1 saturated carbocycles. The molecule has 4 rings (SSSR count). The van der Waals surface area contributed by atoms with Gasteiger partial charge < -0.3 is 9.15 Å². The first-order valence-corrected chi connectivity index (χ1v) is 8.21. The van der Waals surface area contributed by atoms with E-state index in [0.717, 1.165) is 53.7 Å². The van der Waals surface area contributed by atoms with E-state index in [2.05, 4.69) is 11.1 Å². The Kier molecular flexibility index (Phi) is 3.50. The molecule has 0 aliphatic heterocycles. The van der Waals surface area contributed by atoms with E-state index in [0.29, 0.717) is 5.89 Å². The molecule has 1 fully saturated rings. The van der Waals surface area contributed by atoms with Gasteiger partial charge in [-0.25, -0.2) is 4.98 Å². The molecule has 0 amide bonds. The van der Waals surface area contributed by atoms with Gasteiger partial charge in [-0.15, -0.1) is 0 Å². The highest BCUT2D eigenvalue weighted by atomic mass is 16.5. The molecule has 120 valence electrons. The van der Waals surface area contributed by atoms with Gasteiger partial charge in [0.15, 0.2) is 5.58 Å². The van der Waals surface area contributed by atoms with Crippen LogP contribution in [-0.4, -0.2) is 12.1 Å². The molecule has 0 bridgehead atoms. The molecule has 2 aromatic carbocycles. The molecular formula is C20H18N2O2. The molecule has 0 radical (unpaired) electrons. The standard InChI is InChI=1S/C20H18N2O2/c1-23-18-12-14(19-22-16-6-2-3-7-17(16)24-19)8-9-15(18)20(13-21)10-4-5-11-20/h2-3,6-9,12H,4-5,10-11H2,1H3. The lowest BCUT2D eigenvalue weighted by molar-refractivity contribution is 0.397. The molecule has 0 unspecified atom stereocenters. The summed E-state index contributed by atoms with van der Waals surface area (Å²) in [5.41, 5.74) is 3.01. The monoisotopic (exact) mass is 318 g/mol. The van der Waals surface area contributed by atoms with Crippen LogP contribution in [0.25, 0.3) is 22.6 Å². The van der Waals surface area contributed by atoms with Crippen molar-refractivity contribution in [1.29, 1.82) is 5.26 Å². The summed E-state index contributed by atoms with van der Waals surface area (Å²) in [6, 6.07) is 16.1. The maximum absolute atomic E-state index is 9.74. The molecule has 0 N–H and O–H groups in total. The molecule has 4 nitrogen and oxygen atoms in total. The van der Waals surface area contributed by atoms with Gasteiger partial charge in [0.25, 0.3) is 0 Å². The van der Waals surface area contributed by atoms with Crippen LogP contribution in [0.1, 0.15) is 31.2 Å². The second-order valence-electron chi connectivity index (χ2n) is 6.30. The number of para-hydroxylation sites is 2. The van der Waals surface area contributed by atoms with Crippen molar-refractivity contribution in [3.05, 3.63) is 48.0 Å². The zero-order chi connectivity index (χ0) is 16.6. The van der Waals surface area contributed by atoms with E-state index < -0.39 is 5.41 Å². The molecule has 24 heavy (non-hydrogen) atoms. The van der Waals surface area contributed by atoms with Crippen molar-refractivity contribution in [2.45, 2.75) is 31.1 Å². The minimum atomic E-state index is -0.425. The van der Waals surface area contributed by atoms with E-state index in [1.165, 1.54) is 0 Å². The van der Waals surface area contributed by atoms with Crippen molar-refractivity contribution in [2.75, 3.05) is 7.11 Å². The zero-order valence-corrected chi connectivity index (χ0v) is 13.6. The average Bonchev–Trinajstić information content (AvgIpc) is 3.28. The fourth-order valence-corrected chi connectivity index (χ4v) is 3.64. The number of fused-ring (bicyclic) bond motifs is 1. The maximum atomic E-state index is 9.74. The fraction of sp³-hybridized carbons (Fsp3) is 0.300. The molecule has 0 spiro atoms. The van der Waals surface area contributed by atoms with Gasteiger partial charge in [0.2, 0.25) is 5.89 Å². The van der Waals surface area contributed by atoms with Crippen LogP contribution >= 0.6 is 0 Å². The molecule has 3 aromatic rings. The van der Waals surface area contributed by atoms with Gasteiger partial charge >= 0.3 is 0 Å². The van der Waals surface area contributed by atoms with Gasteiger partial charge in [-0.1, -0.05) is 31.0 Å². The largest absolute Gasteiger partial charge is 0.496 e. The molecule has 1 aliphatic carbocycles. The van der Waals surface area contributed by atoms with Crippen molar-refractivity contribution in [1.82, 2.24) is 4.98 Å². The number of hydrogen-bond donors (Lipinski definition) is 0. The average molecular weight is 318 g/mol. The van der Waals surface area contributed by atoms with Gasteiger partial charge in [-0.05, 0) is 37.1 Å². The van der Waals surface area contributed by atoms with Crippen LogP contribution in [0.4, 0.5) is 0 Å². The van der Waals surface area contributed by atoms with E-state index in [-0.39, 0.29) is 0 Å². The van der Waals surface area contributed by atoms with E-state index in [4.69, 9.17) is 9.15 Å². The minimum Gasteiger partial charge on any atom is -0.496 e. The van der Waals surface area contributed by atoms with Crippen molar-refractivity contribution in [3.63, 3.8) is 0 Å². The summed E-state index contributed by atoms with van der Waals surface area (Å²) >= 11 is 0. The van der Waals surface area contributed by atoms with Crippen molar-refractivity contribution >= 4 is 11.1 Å². The van der Waals surface area contributed by atoms with Gasteiger partial charge in [0, 0.05) is 11.1 Å². The Morgan fingerprint density at radius 2 is 1.96 bits per heavy atom. The second kappa shape index (κ2) is 5.68. The summed E-state index contributed by atoms with van der Waals surface area (Å²) in [5, 5.41) is 9.74. The van der Waals surface area contributed by atoms with Crippen molar-refractivity contribution in [3.8, 4) is 23.3 Å². The minimum absolute atomic E-state index is 0.425. The zero-order valence-electron chi connectivity index (χ0n) is 13.6. The summed E-state index contributed by atoms with van der Waals surface area (Å²) in [6.07, 6.45) is 3.96. The molecule has 1 heterocycles. The number of ether oxygens (including phenoxy) is 1. The number of aromatic nitrogens is 1. The van der Waals surface area contributed by atoms with Crippen LogP contribution in [0.5, 0.6) is 5.75 Å². The van der Waals surface area contributed by atoms with Crippen LogP contribution < -0.4 is 4.74 Å². The molecule has 0 saturated heterocycles. The van der Waals surface area contributed by atoms with E-state index in [1.54, 1.807) is 7.11 Å². The molecule has 1 aromatic heterocycles. The Bertz CT molecular complexity index is 897. The third-order valence-corrected chi connectivity index (χ3v) is 4.93. The number of methoxy groups -OCH3 is 1. The Morgan fingerprint density at radius 1 is 1.17 bits per heavy atom. The first kappa shape index (κ1) is 14.8. The highest BCUT2D eigenvalue weighted by Crippen LogP contribution is 2.45. The number of hydrogen-bond acceptors (Lipinski definition) is 4. The summed E-state index contributed by atoms with van der Waals surface area (Å²) in [7, 11) is 1.65. The molecule has 1 aliphatic rings. The predicted molar refractivity (Wildman–Crippen MR) is 91.8 cm³/mol. The lowest BCUT2D eigenvalue weighted by Crippen LogP contribution is -2.20. The number of benzene rings is 2. The van der Waals surface area contributed by atoms with Crippen molar-refractivity contribution in [2.24, 2.45) is 0 Å². The first-order chi connectivity index (χ1) is 11.8. The number of nitriles is 1. The highest BCUT2D eigenvalue weighted by molar-refractivity contribution is 5.76. The Morgan fingerprint density at radius 3 is 2.67 bits per heavy atom. The van der Waals surface area contributed by atoms with Crippen LogP contribution in [-0.2, 0) is 5.41 Å².